The molecular formula is C16H25N3S. The van der Waals surface area contributed by atoms with Crippen molar-refractivity contribution in [3.05, 3.63) is 38.8 Å². The minimum Gasteiger partial charge on any atom is -0.310 e. The van der Waals surface area contributed by atoms with Crippen LogP contribution in [-0.2, 0) is 19.9 Å². The molecule has 0 bridgehead atoms. The summed E-state index contributed by atoms with van der Waals surface area (Å²) in [6.45, 7) is 9.63. The van der Waals surface area contributed by atoms with Gasteiger partial charge in [-0.05, 0) is 38.9 Å². The molecule has 1 N–H and O–H groups in total. The van der Waals surface area contributed by atoms with Crippen LogP contribution in [0.25, 0.3) is 0 Å². The Balaban J connectivity index is 2.26. The first-order chi connectivity index (χ1) is 9.56. The summed E-state index contributed by atoms with van der Waals surface area (Å²) in [6, 6.07) is 4.89. The second-order valence-electron chi connectivity index (χ2n) is 5.24. The van der Waals surface area contributed by atoms with Crippen LogP contribution in [0, 0.1) is 13.8 Å². The fraction of sp³-hybridized carbons (Fsp3) is 0.562. The molecule has 1 unspecified atom stereocenters. The third kappa shape index (κ3) is 3.13. The zero-order valence-corrected chi connectivity index (χ0v) is 14.0. The Morgan fingerprint density at radius 2 is 1.95 bits per heavy atom. The van der Waals surface area contributed by atoms with Crippen LogP contribution in [0.5, 0.6) is 0 Å². The van der Waals surface area contributed by atoms with E-state index in [0.717, 1.165) is 25.1 Å². The van der Waals surface area contributed by atoms with Gasteiger partial charge in [0.2, 0.25) is 0 Å². The van der Waals surface area contributed by atoms with Crippen LogP contribution in [0.1, 0.15) is 46.6 Å². The summed E-state index contributed by atoms with van der Waals surface area (Å²) in [6.07, 6.45) is 2.17. The number of aromatic nitrogens is 2. The highest BCUT2D eigenvalue weighted by molar-refractivity contribution is 7.11. The first-order valence-corrected chi connectivity index (χ1v) is 8.19. The van der Waals surface area contributed by atoms with Gasteiger partial charge in [0.1, 0.15) is 0 Å². The molecule has 0 aliphatic carbocycles. The highest BCUT2D eigenvalue weighted by Crippen LogP contribution is 2.27. The average Bonchev–Trinajstić information content (AvgIpc) is 2.95. The summed E-state index contributed by atoms with van der Waals surface area (Å²) in [4.78, 5) is 2.92. The van der Waals surface area contributed by atoms with E-state index in [-0.39, 0.29) is 0 Å². The van der Waals surface area contributed by atoms with E-state index in [1.807, 2.05) is 23.1 Å². The van der Waals surface area contributed by atoms with Gasteiger partial charge < -0.3 is 5.32 Å². The second-order valence-corrected chi connectivity index (χ2v) is 6.50. The number of nitrogens with one attached hydrogen (secondary N) is 1. The summed E-state index contributed by atoms with van der Waals surface area (Å²) in [5.41, 5.74) is 3.77. The van der Waals surface area contributed by atoms with Crippen molar-refractivity contribution in [3.8, 4) is 0 Å². The standard InChI is InChI=1S/C16H25N3S/c1-6-13-8-9-14(20-13)10-15(17-7-2)16-11(3)18-19(5)12(16)4/h8-9,15,17H,6-7,10H2,1-5H3. The first-order valence-electron chi connectivity index (χ1n) is 7.37. The van der Waals surface area contributed by atoms with Crippen LogP contribution in [0.2, 0.25) is 0 Å². The van der Waals surface area contributed by atoms with Crippen molar-refractivity contribution >= 4 is 11.3 Å². The van der Waals surface area contributed by atoms with E-state index in [0.29, 0.717) is 6.04 Å². The van der Waals surface area contributed by atoms with Gasteiger partial charge in [-0.3, -0.25) is 4.68 Å². The lowest BCUT2D eigenvalue weighted by Crippen LogP contribution is -2.23. The smallest absolute Gasteiger partial charge is 0.0644 e. The van der Waals surface area contributed by atoms with Crippen LogP contribution >= 0.6 is 11.3 Å². The molecule has 2 heterocycles. The molecule has 0 fully saturated rings. The number of hydrogen-bond donors (Lipinski definition) is 1. The van der Waals surface area contributed by atoms with Gasteiger partial charge in [0.15, 0.2) is 0 Å². The highest BCUT2D eigenvalue weighted by atomic mass is 32.1. The van der Waals surface area contributed by atoms with Gasteiger partial charge >= 0.3 is 0 Å². The number of thiophene rings is 1. The lowest BCUT2D eigenvalue weighted by Gasteiger charge is -2.18. The molecule has 110 valence electrons. The van der Waals surface area contributed by atoms with Gasteiger partial charge in [0.05, 0.1) is 5.69 Å². The average molecular weight is 291 g/mol. The maximum Gasteiger partial charge on any atom is 0.0644 e. The number of hydrogen-bond acceptors (Lipinski definition) is 3. The van der Waals surface area contributed by atoms with E-state index in [1.54, 1.807) is 0 Å². The molecule has 0 amide bonds. The fourth-order valence-corrected chi connectivity index (χ4v) is 3.74. The Hall–Kier alpha value is -1.13. The minimum absolute atomic E-state index is 0.358. The summed E-state index contributed by atoms with van der Waals surface area (Å²) < 4.78 is 1.99. The summed E-state index contributed by atoms with van der Waals surface area (Å²) in [5, 5.41) is 8.18. The Bertz CT molecular complexity index is 568. The summed E-state index contributed by atoms with van der Waals surface area (Å²) in [7, 11) is 2.02. The van der Waals surface area contributed by atoms with E-state index in [1.165, 1.54) is 21.0 Å². The zero-order valence-electron chi connectivity index (χ0n) is 13.2. The molecule has 4 heteroatoms. The summed E-state index contributed by atoms with van der Waals surface area (Å²) >= 11 is 1.93. The molecule has 2 aromatic rings. The van der Waals surface area contributed by atoms with Crippen molar-refractivity contribution < 1.29 is 0 Å². The predicted octanol–water partition coefficient (Wildman–Crippen LogP) is 3.55. The predicted molar refractivity (Wildman–Crippen MR) is 86.5 cm³/mol. The van der Waals surface area contributed by atoms with Crippen molar-refractivity contribution in [2.45, 2.75) is 46.6 Å². The van der Waals surface area contributed by atoms with Crippen LogP contribution in [0.15, 0.2) is 12.1 Å². The molecule has 0 aliphatic rings. The second kappa shape index (κ2) is 6.55. The van der Waals surface area contributed by atoms with Crippen molar-refractivity contribution in [1.82, 2.24) is 15.1 Å². The van der Waals surface area contributed by atoms with Crippen molar-refractivity contribution in [1.29, 1.82) is 0 Å². The van der Waals surface area contributed by atoms with Crippen LogP contribution in [0.3, 0.4) is 0 Å². The largest absolute Gasteiger partial charge is 0.310 e. The number of likely N-dealkylation sites (N-methyl/N-ethyl adjacent to an activating group) is 1. The molecule has 0 spiro atoms. The third-order valence-corrected chi connectivity index (χ3v) is 5.09. The maximum atomic E-state index is 4.56. The molecule has 2 rings (SSSR count). The molecule has 0 aromatic carbocycles. The molecule has 0 aliphatic heterocycles. The minimum atomic E-state index is 0.358. The Morgan fingerprint density at radius 3 is 2.45 bits per heavy atom. The van der Waals surface area contributed by atoms with Crippen molar-refractivity contribution in [2.75, 3.05) is 6.54 Å². The topological polar surface area (TPSA) is 29.9 Å². The van der Waals surface area contributed by atoms with E-state index in [2.05, 4.69) is 50.2 Å². The normalized spacial score (nSPS) is 12.8. The lowest BCUT2D eigenvalue weighted by atomic mass is 10.0. The van der Waals surface area contributed by atoms with Crippen LogP contribution < -0.4 is 5.32 Å². The molecule has 2 aromatic heterocycles. The monoisotopic (exact) mass is 291 g/mol. The molecule has 0 radical (unpaired) electrons. The Kier molecular flexibility index (Phi) is 5.00. The Morgan fingerprint density at radius 1 is 1.25 bits per heavy atom. The number of nitrogens with zero attached hydrogens (tertiary/aromatic N) is 2. The molecule has 1 atom stereocenters. The van der Waals surface area contributed by atoms with E-state index >= 15 is 0 Å². The fourth-order valence-electron chi connectivity index (χ4n) is 2.74. The highest BCUT2D eigenvalue weighted by Gasteiger charge is 2.20. The number of rotatable bonds is 6. The lowest BCUT2D eigenvalue weighted by molar-refractivity contribution is 0.547. The van der Waals surface area contributed by atoms with E-state index in [4.69, 9.17) is 0 Å². The van der Waals surface area contributed by atoms with Gasteiger partial charge in [-0.1, -0.05) is 13.8 Å². The van der Waals surface area contributed by atoms with E-state index in [9.17, 15) is 0 Å². The SMILES string of the molecule is CCNC(Cc1ccc(CC)s1)c1c(C)nn(C)c1C. The first kappa shape index (κ1) is 15.3. The van der Waals surface area contributed by atoms with Crippen LogP contribution in [-0.4, -0.2) is 16.3 Å². The molecule has 0 saturated carbocycles. The summed E-state index contributed by atoms with van der Waals surface area (Å²) in [5.74, 6) is 0. The van der Waals surface area contributed by atoms with Gasteiger partial charge in [0.25, 0.3) is 0 Å². The van der Waals surface area contributed by atoms with Gasteiger partial charge in [-0.15, -0.1) is 11.3 Å². The van der Waals surface area contributed by atoms with E-state index < -0.39 is 0 Å². The van der Waals surface area contributed by atoms with Crippen molar-refractivity contribution in [2.24, 2.45) is 7.05 Å². The van der Waals surface area contributed by atoms with Crippen molar-refractivity contribution in [3.63, 3.8) is 0 Å². The Labute approximate surface area is 126 Å². The number of aryl methyl sites for hydroxylation is 3. The van der Waals surface area contributed by atoms with Crippen LogP contribution in [0.4, 0.5) is 0 Å². The third-order valence-electron chi connectivity index (χ3n) is 3.84. The quantitative estimate of drug-likeness (QED) is 0.882. The van der Waals surface area contributed by atoms with Gasteiger partial charge in [-0.2, -0.15) is 5.10 Å². The van der Waals surface area contributed by atoms with Gasteiger partial charge in [-0.25, -0.2) is 0 Å². The molecule has 20 heavy (non-hydrogen) atoms. The molecule has 0 saturated heterocycles. The van der Waals surface area contributed by atoms with Gasteiger partial charge in [0, 0.05) is 40.5 Å². The molecule has 3 nitrogen and oxygen atoms in total. The molecular weight excluding hydrogens is 266 g/mol. The maximum absolute atomic E-state index is 4.56. The zero-order chi connectivity index (χ0) is 14.7.